The second-order valence-electron chi connectivity index (χ2n) is 11.7. The molecule has 0 aromatic heterocycles. The van der Waals surface area contributed by atoms with E-state index in [-0.39, 0.29) is 22.2 Å². The molecule has 1 unspecified atom stereocenters. The molecule has 0 heterocycles. The van der Waals surface area contributed by atoms with Crippen LogP contribution < -0.4 is 0 Å². The molecular formula is C27H40O2. The molecule has 0 saturated carbocycles. The molecule has 0 aliphatic rings. The molecule has 29 heavy (non-hydrogen) atoms. The number of aromatic hydroxyl groups is 2. The molecule has 0 saturated heterocycles. The van der Waals surface area contributed by atoms with Crippen LogP contribution in [0.5, 0.6) is 11.5 Å². The first-order valence-corrected chi connectivity index (χ1v) is 10.7. The molecule has 0 fully saturated rings. The fraction of sp³-hybridized carbons (Fsp3) is 0.556. The van der Waals surface area contributed by atoms with Crippen molar-refractivity contribution in [1.82, 2.24) is 0 Å². The summed E-state index contributed by atoms with van der Waals surface area (Å²) < 4.78 is 0. The Morgan fingerprint density at radius 2 is 0.897 bits per heavy atom. The van der Waals surface area contributed by atoms with E-state index in [0.717, 1.165) is 22.3 Å². The molecule has 2 N–H and O–H groups in total. The minimum atomic E-state index is -0.152. The molecule has 0 spiro atoms. The lowest BCUT2D eigenvalue weighted by molar-refractivity contribution is 0.422. The van der Waals surface area contributed by atoms with Crippen LogP contribution >= 0.6 is 0 Å². The first kappa shape index (κ1) is 23.3. The monoisotopic (exact) mass is 396 g/mol. The maximum atomic E-state index is 11.0. The maximum absolute atomic E-state index is 11.0. The summed E-state index contributed by atoms with van der Waals surface area (Å²) in [6, 6.07) is 8.56. The van der Waals surface area contributed by atoms with Crippen LogP contribution in [-0.2, 0) is 16.2 Å². The number of hydrogen-bond acceptors (Lipinski definition) is 2. The SMILES string of the molecule is Cc1cc(C(C)c2cc(C(C)(C)C)c(O)c(C(C)(C)C)c2)cc(C(C)(C)C)c1O. The molecule has 0 amide bonds. The summed E-state index contributed by atoms with van der Waals surface area (Å²) in [7, 11) is 0. The number of aryl methyl sites for hydroxylation is 1. The van der Waals surface area contributed by atoms with E-state index in [1.54, 1.807) is 0 Å². The molecule has 0 bridgehead atoms. The average Bonchev–Trinajstić information content (AvgIpc) is 2.53. The topological polar surface area (TPSA) is 40.5 Å². The Kier molecular flexibility index (Phi) is 5.93. The summed E-state index contributed by atoms with van der Waals surface area (Å²) in [5, 5.41) is 21.6. The van der Waals surface area contributed by atoms with Gasteiger partial charge in [0.15, 0.2) is 0 Å². The van der Waals surface area contributed by atoms with E-state index in [0.29, 0.717) is 11.5 Å². The van der Waals surface area contributed by atoms with Gasteiger partial charge in [-0.3, -0.25) is 0 Å². The Morgan fingerprint density at radius 3 is 1.24 bits per heavy atom. The van der Waals surface area contributed by atoms with Crippen molar-refractivity contribution in [3.05, 3.63) is 57.6 Å². The van der Waals surface area contributed by atoms with E-state index in [1.165, 1.54) is 11.1 Å². The van der Waals surface area contributed by atoms with Crippen molar-refractivity contribution in [1.29, 1.82) is 0 Å². The summed E-state index contributed by atoms with van der Waals surface area (Å²) >= 11 is 0. The summed E-state index contributed by atoms with van der Waals surface area (Å²) in [5.41, 5.74) is 5.81. The van der Waals surface area contributed by atoms with Crippen LogP contribution in [0.15, 0.2) is 24.3 Å². The fourth-order valence-electron chi connectivity index (χ4n) is 3.87. The molecule has 0 radical (unpaired) electrons. The predicted octanol–water partition coefficient (Wildman–Crippen LogP) is 7.45. The minimum absolute atomic E-state index is 0.132. The smallest absolute Gasteiger partial charge is 0.123 e. The Morgan fingerprint density at radius 1 is 0.586 bits per heavy atom. The van der Waals surface area contributed by atoms with Crippen molar-refractivity contribution in [3.8, 4) is 11.5 Å². The van der Waals surface area contributed by atoms with E-state index in [2.05, 4.69) is 93.5 Å². The Hall–Kier alpha value is -1.96. The Labute approximate surface area is 178 Å². The molecule has 2 rings (SSSR count). The molecule has 2 nitrogen and oxygen atoms in total. The van der Waals surface area contributed by atoms with E-state index in [4.69, 9.17) is 0 Å². The minimum Gasteiger partial charge on any atom is -0.507 e. The summed E-state index contributed by atoms with van der Waals surface area (Å²) in [6.45, 7) is 23.4. The van der Waals surface area contributed by atoms with Crippen LogP contribution in [0.1, 0.15) is 109 Å². The standard InChI is InChI=1S/C27H40O2/c1-16-12-18(13-20(23(16)28)25(3,4)5)17(2)19-14-21(26(6,7)8)24(29)22(15-19)27(9,10)11/h12-15,17,28-29H,1-11H3. The first-order chi connectivity index (χ1) is 12.9. The number of hydrogen-bond donors (Lipinski definition) is 2. The van der Waals surface area contributed by atoms with E-state index in [1.807, 2.05) is 6.92 Å². The van der Waals surface area contributed by atoms with Crippen molar-refractivity contribution in [2.45, 2.75) is 98.3 Å². The van der Waals surface area contributed by atoms with Gasteiger partial charge in [0.2, 0.25) is 0 Å². The highest BCUT2D eigenvalue weighted by Crippen LogP contribution is 2.43. The number of phenols is 2. The number of phenolic OH excluding ortho intramolecular Hbond substituents is 2. The zero-order valence-corrected chi connectivity index (χ0v) is 20.3. The van der Waals surface area contributed by atoms with Gasteiger partial charge in [0.05, 0.1) is 0 Å². The molecule has 2 aromatic rings. The molecule has 1 atom stereocenters. The van der Waals surface area contributed by atoms with Crippen LogP contribution in [0.2, 0.25) is 0 Å². The van der Waals surface area contributed by atoms with Gasteiger partial charge in [0.1, 0.15) is 11.5 Å². The van der Waals surface area contributed by atoms with Crippen molar-refractivity contribution < 1.29 is 10.2 Å². The molecule has 2 aromatic carbocycles. The second-order valence-corrected chi connectivity index (χ2v) is 11.7. The third kappa shape index (κ3) is 4.79. The van der Waals surface area contributed by atoms with Gasteiger partial charge < -0.3 is 10.2 Å². The molecule has 160 valence electrons. The quantitative estimate of drug-likeness (QED) is 0.553. The Bertz CT molecular complexity index is 865. The highest BCUT2D eigenvalue weighted by atomic mass is 16.3. The maximum Gasteiger partial charge on any atom is 0.123 e. The first-order valence-electron chi connectivity index (χ1n) is 10.7. The average molecular weight is 397 g/mol. The zero-order chi connectivity index (χ0) is 22.5. The fourth-order valence-corrected chi connectivity index (χ4v) is 3.87. The van der Waals surface area contributed by atoms with Crippen LogP contribution in [0, 0.1) is 6.92 Å². The highest BCUT2D eigenvalue weighted by Gasteiger charge is 2.28. The highest BCUT2D eigenvalue weighted by molar-refractivity contribution is 5.53. The lowest BCUT2D eigenvalue weighted by Gasteiger charge is -2.30. The van der Waals surface area contributed by atoms with Gasteiger partial charge in [-0.25, -0.2) is 0 Å². The van der Waals surface area contributed by atoms with Crippen molar-refractivity contribution in [3.63, 3.8) is 0 Å². The van der Waals surface area contributed by atoms with Crippen molar-refractivity contribution in [2.75, 3.05) is 0 Å². The van der Waals surface area contributed by atoms with Gasteiger partial charge in [-0.05, 0) is 56.5 Å². The molecule has 0 aliphatic carbocycles. The second kappa shape index (κ2) is 7.38. The van der Waals surface area contributed by atoms with Gasteiger partial charge >= 0.3 is 0 Å². The van der Waals surface area contributed by atoms with Gasteiger partial charge in [-0.1, -0.05) is 93.5 Å². The third-order valence-corrected chi connectivity index (χ3v) is 5.88. The summed E-state index contributed by atoms with van der Waals surface area (Å²) in [6.07, 6.45) is 0. The van der Waals surface area contributed by atoms with Crippen LogP contribution in [0.3, 0.4) is 0 Å². The van der Waals surface area contributed by atoms with Gasteiger partial charge in [0.25, 0.3) is 0 Å². The Balaban J connectivity index is 2.74. The zero-order valence-electron chi connectivity index (χ0n) is 20.3. The molecular weight excluding hydrogens is 356 g/mol. The lowest BCUT2D eigenvalue weighted by atomic mass is 9.76. The summed E-state index contributed by atoms with van der Waals surface area (Å²) in [4.78, 5) is 0. The lowest BCUT2D eigenvalue weighted by Crippen LogP contribution is -2.18. The van der Waals surface area contributed by atoms with Crippen LogP contribution in [-0.4, -0.2) is 10.2 Å². The van der Waals surface area contributed by atoms with Crippen molar-refractivity contribution in [2.24, 2.45) is 0 Å². The molecule has 0 aliphatic heterocycles. The molecule has 2 heteroatoms. The van der Waals surface area contributed by atoms with E-state index >= 15 is 0 Å². The largest absolute Gasteiger partial charge is 0.507 e. The number of rotatable bonds is 2. The van der Waals surface area contributed by atoms with E-state index < -0.39 is 0 Å². The van der Waals surface area contributed by atoms with Crippen molar-refractivity contribution >= 4 is 0 Å². The van der Waals surface area contributed by atoms with Gasteiger partial charge in [-0.15, -0.1) is 0 Å². The van der Waals surface area contributed by atoms with E-state index in [9.17, 15) is 10.2 Å². The normalized spacial score (nSPS) is 14.2. The number of benzene rings is 2. The van der Waals surface area contributed by atoms with Crippen LogP contribution in [0.25, 0.3) is 0 Å². The van der Waals surface area contributed by atoms with Gasteiger partial charge in [0, 0.05) is 5.92 Å². The van der Waals surface area contributed by atoms with Crippen LogP contribution in [0.4, 0.5) is 0 Å². The van der Waals surface area contributed by atoms with Gasteiger partial charge in [-0.2, -0.15) is 0 Å². The predicted molar refractivity (Wildman–Crippen MR) is 125 cm³/mol. The summed E-state index contributed by atoms with van der Waals surface area (Å²) in [5.74, 6) is 0.960. The third-order valence-electron chi connectivity index (χ3n) is 5.88.